The van der Waals surface area contributed by atoms with E-state index in [1.807, 2.05) is 6.92 Å². The summed E-state index contributed by atoms with van der Waals surface area (Å²) in [6, 6.07) is 0. The molecule has 1 N–H and O–H groups in total. The van der Waals surface area contributed by atoms with Crippen molar-refractivity contribution in [3.05, 3.63) is 0 Å². The average Bonchev–Trinajstić information content (AvgIpc) is 2.63. The van der Waals surface area contributed by atoms with E-state index in [2.05, 4.69) is 6.92 Å². The fraction of sp³-hybridized carbons (Fsp3) is 0.920. The molecule has 28 heavy (non-hydrogen) atoms. The molecule has 0 radical (unpaired) electrons. The number of carbonyl (C=O) groups is 2. The lowest BCUT2D eigenvalue weighted by Gasteiger charge is -2.07. The Balaban J connectivity index is 3.19. The standard InChI is InChI=1S/C25H48O3/c1-3-4-5-6-7-8-9-10-11-12-13-14-15-16-17-18-19-20-24(26)21-23(2)22-25(27)28/h23H,3-22H2,1-2H3,(H,27,28)/t23-/m1/s1. The minimum Gasteiger partial charge on any atom is -0.481 e. The molecule has 0 fully saturated rings. The fourth-order valence-electron chi connectivity index (χ4n) is 3.91. The van der Waals surface area contributed by atoms with Gasteiger partial charge in [0.15, 0.2) is 0 Å². The quantitative estimate of drug-likeness (QED) is 0.188. The SMILES string of the molecule is CCCCCCCCCCCCCCCCCCCC(=O)C[C@@H](C)CC(=O)O. The average molecular weight is 397 g/mol. The fourth-order valence-corrected chi connectivity index (χ4v) is 3.91. The van der Waals surface area contributed by atoms with Gasteiger partial charge in [0.05, 0.1) is 0 Å². The molecule has 1 atom stereocenters. The van der Waals surface area contributed by atoms with Crippen LogP contribution in [0.2, 0.25) is 0 Å². The lowest BCUT2D eigenvalue weighted by Crippen LogP contribution is -2.09. The van der Waals surface area contributed by atoms with E-state index < -0.39 is 5.97 Å². The summed E-state index contributed by atoms with van der Waals surface area (Å²) in [5.41, 5.74) is 0. The van der Waals surface area contributed by atoms with Crippen molar-refractivity contribution in [2.24, 2.45) is 5.92 Å². The molecule has 3 heteroatoms. The van der Waals surface area contributed by atoms with Crippen LogP contribution in [0.25, 0.3) is 0 Å². The number of hydrogen-bond donors (Lipinski definition) is 1. The molecule has 0 saturated heterocycles. The van der Waals surface area contributed by atoms with Gasteiger partial charge in [0.25, 0.3) is 0 Å². The number of rotatable bonds is 22. The van der Waals surface area contributed by atoms with E-state index in [1.165, 1.54) is 96.3 Å². The van der Waals surface area contributed by atoms with Crippen molar-refractivity contribution in [3.63, 3.8) is 0 Å². The predicted molar refractivity (Wildman–Crippen MR) is 120 cm³/mol. The Labute approximate surface area is 175 Å². The number of carboxylic acids is 1. The summed E-state index contributed by atoms with van der Waals surface area (Å²) in [6.07, 6.45) is 24.0. The van der Waals surface area contributed by atoms with Crippen molar-refractivity contribution < 1.29 is 14.7 Å². The van der Waals surface area contributed by atoms with Gasteiger partial charge in [0, 0.05) is 19.3 Å². The van der Waals surface area contributed by atoms with Crippen LogP contribution in [0.15, 0.2) is 0 Å². The van der Waals surface area contributed by atoms with Crippen molar-refractivity contribution in [2.75, 3.05) is 0 Å². The zero-order valence-corrected chi connectivity index (χ0v) is 19.0. The molecule has 0 aromatic rings. The second-order valence-corrected chi connectivity index (χ2v) is 8.85. The predicted octanol–water partition coefficient (Wildman–Crippen LogP) is 8.10. The van der Waals surface area contributed by atoms with E-state index in [9.17, 15) is 9.59 Å². The molecule has 0 spiro atoms. The lowest BCUT2D eigenvalue weighted by molar-refractivity contribution is -0.138. The minimum atomic E-state index is -0.807. The molecule has 0 rings (SSSR count). The highest BCUT2D eigenvalue weighted by Crippen LogP contribution is 2.15. The van der Waals surface area contributed by atoms with Crippen LogP contribution in [-0.4, -0.2) is 16.9 Å². The number of ketones is 1. The van der Waals surface area contributed by atoms with Gasteiger partial charge in [-0.05, 0) is 12.3 Å². The normalized spacial score (nSPS) is 12.2. The summed E-state index contributed by atoms with van der Waals surface area (Å²) < 4.78 is 0. The molecule has 0 aromatic carbocycles. The zero-order valence-electron chi connectivity index (χ0n) is 19.0. The molecule has 0 saturated carbocycles. The molecule has 0 aliphatic rings. The van der Waals surface area contributed by atoms with Crippen LogP contribution in [0.1, 0.15) is 142 Å². The first-order valence-corrected chi connectivity index (χ1v) is 12.3. The van der Waals surface area contributed by atoms with Crippen molar-refractivity contribution in [1.82, 2.24) is 0 Å². The van der Waals surface area contributed by atoms with Gasteiger partial charge in [0.1, 0.15) is 5.78 Å². The number of hydrogen-bond acceptors (Lipinski definition) is 2. The molecule has 0 heterocycles. The van der Waals surface area contributed by atoms with Crippen LogP contribution in [0.3, 0.4) is 0 Å². The van der Waals surface area contributed by atoms with E-state index in [1.54, 1.807) is 0 Å². The second-order valence-electron chi connectivity index (χ2n) is 8.85. The van der Waals surface area contributed by atoms with Crippen molar-refractivity contribution >= 4 is 11.8 Å². The van der Waals surface area contributed by atoms with Crippen molar-refractivity contribution in [3.8, 4) is 0 Å². The number of carbonyl (C=O) groups excluding carboxylic acids is 1. The number of Topliss-reactive ketones (excluding diaryl/α,β-unsaturated/α-hetero) is 1. The molecule has 3 nitrogen and oxygen atoms in total. The minimum absolute atomic E-state index is 0.0317. The molecule has 0 amide bonds. The van der Waals surface area contributed by atoms with Gasteiger partial charge < -0.3 is 5.11 Å². The third-order valence-corrected chi connectivity index (χ3v) is 5.66. The van der Waals surface area contributed by atoms with E-state index in [0.29, 0.717) is 12.8 Å². The Morgan fingerprint density at radius 1 is 0.607 bits per heavy atom. The topological polar surface area (TPSA) is 54.4 Å². The molecule has 0 aliphatic heterocycles. The van der Waals surface area contributed by atoms with Crippen molar-refractivity contribution in [1.29, 1.82) is 0 Å². The smallest absolute Gasteiger partial charge is 0.303 e. The maximum Gasteiger partial charge on any atom is 0.303 e. The summed E-state index contributed by atoms with van der Waals surface area (Å²) in [6.45, 7) is 4.12. The van der Waals surface area contributed by atoms with Gasteiger partial charge in [-0.25, -0.2) is 0 Å². The molecule has 0 aliphatic carbocycles. The highest BCUT2D eigenvalue weighted by atomic mass is 16.4. The van der Waals surface area contributed by atoms with Crippen LogP contribution in [0, 0.1) is 5.92 Å². The summed E-state index contributed by atoms with van der Waals surface area (Å²) in [7, 11) is 0. The van der Waals surface area contributed by atoms with E-state index in [0.717, 1.165) is 12.8 Å². The monoisotopic (exact) mass is 396 g/mol. The van der Waals surface area contributed by atoms with Crippen LogP contribution >= 0.6 is 0 Å². The third-order valence-electron chi connectivity index (χ3n) is 5.66. The third kappa shape index (κ3) is 21.4. The summed E-state index contributed by atoms with van der Waals surface area (Å²) in [5, 5.41) is 8.72. The Morgan fingerprint density at radius 2 is 0.964 bits per heavy atom. The van der Waals surface area contributed by atoms with Crippen LogP contribution in [0.5, 0.6) is 0 Å². The highest BCUT2D eigenvalue weighted by Gasteiger charge is 2.12. The molecule has 0 unspecified atom stereocenters. The van der Waals surface area contributed by atoms with E-state index >= 15 is 0 Å². The Kier molecular flexibility index (Phi) is 20.2. The number of aliphatic carboxylic acids is 1. The zero-order chi connectivity index (χ0) is 20.9. The Bertz CT molecular complexity index is 365. The molecule has 166 valence electrons. The summed E-state index contributed by atoms with van der Waals surface area (Å²) in [4.78, 5) is 22.4. The number of carboxylic acid groups (broad SMARTS) is 1. The molecule has 0 aromatic heterocycles. The Morgan fingerprint density at radius 3 is 1.32 bits per heavy atom. The van der Waals surface area contributed by atoms with E-state index in [-0.39, 0.29) is 18.1 Å². The molecule has 0 bridgehead atoms. The van der Waals surface area contributed by atoms with Gasteiger partial charge in [-0.2, -0.15) is 0 Å². The lowest BCUT2D eigenvalue weighted by atomic mass is 9.98. The van der Waals surface area contributed by atoms with E-state index in [4.69, 9.17) is 5.11 Å². The maximum atomic E-state index is 11.8. The van der Waals surface area contributed by atoms with Crippen LogP contribution < -0.4 is 0 Å². The molecular weight excluding hydrogens is 348 g/mol. The van der Waals surface area contributed by atoms with Gasteiger partial charge in [-0.15, -0.1) is 0 Å². The van der Waals surface area contributed by atoms with Gasteiger partial charge in [-0.3, -0.25) is 9.59 Å². The van der Waals surface area contributed by atoms with Crippen LogP contribution in [-0.2, 0) is 9.59 Å². The first-order valence-electron chi connectivity index (χ1n) is 12.3. The van der Waals surface area contributed by atoms with Gasteiger partial charge in [0.2, 0.25) is 0 Å². The van der Waals surface area contributed by atoms with Crippen LogP contribution in [0.4, 0.5) is 0 Å². The highest BCUT2D eigenvalue weighted by molar-refractivity contribution is 5.79. The van der Waals surface area contributed by atoms with Gasteiger partial charge in [-0.1, -0.05) is 117 Å². The number of unbranched alkanes of at least 4 members (excludes halogenated alkanes) is 16. The second kappa shape index (κ2) is 20.9. The first-order chi connectivity index (χ1) is 13.6. The molecular formula is C25H48O3. The van der Waals surface area contributed by atoms with Crippen molar-refractivity contribution in [2.45, 2.75) is 142 Å². The summed E-state index contributed by atoms with van der Waals surface area (Å²) >= 11 is 0. The maximum absolute atomic E-state index is 11.8. The summed E-state index contributed by atoms with van der Waals surface area (Å²) in [5.74, 6) is -0.608. The first kappa shape index (κ1) is 27.1. The Hall–Kier alpha value is -0.860. The largest absolute Gasteiger partial charge is 0.481 e. The van der Waals surface area contributed by atoms with Gasteiger partial charge >= 0.3 is 5.97 Å².